The number of hydrogen-bond donors (Lipinski definition) is 0. The largest absolute Gasteiger partial charge is 0.207 e. The predicted octanol–water partition coefficient (Wildman–Crippen LogP) is 3.66. The van der Waals surface area contributed by atoms with Crippen LogP contribution in [-0.2, 0) is 6.42 Å². The van der Waals surface area contributed by atoms with Gasteiger partial charge in [-0.15, -0.1) is 11.8 Å². The Balaban J connectivity index is 2.97. The lowest BCUT2D eigenvalue weighted by Gasteiger charge is -2.05. The zero-order valence-corrected chi connectivity index (χ0v) is 9.25. The third-order valence-corrected chi connectivity index (χ3v) is 3.12. The van der Waals surface area contributed by atoms with Gasteiger partial charge in [0.15, 0.2) is 0 Å². The lowest BCUT2D eigenvalue weighted by molar-refractivity contribution is 0.608. The average molecular weight is 230 g/mol. The summed E-state index contributed by atoms with van der Waals surface area (Å²) in [6.07, 6.45) is 0.620. The summed E-state index contributed by atoms with van der Waals surface area (Å²) in [5.74, 6) is 0.0299. The standard InChI is InChI=1S/C10H9ClFNS/c1-2-7-5-8(11)10(6-9(7)12)14-4-3-13/h5-6H,2,4H2,1H3. The molecule has 0 N–H and O–H groups in total. The van der Waals surface area contributed by atoms with Gasteiger partial charge >= 0.3 is 0 Å². The second-order valence-corrected chi connectivity index (χ2v) is 4.10. The quantitative estimate of drug-likeness (QED) is 0.739. The van der Waals surface area contributed by atoms with Crippen LogP contribution in [0.4, 0.5) is 4.39 Å². The molecule has 0 saturated heterocycles. The number of hydrogen-bond acceptors (Lipinski definition) is 2. The summed E-state index contributed by atoms with van der Waals surface area (Å²) >= 11 is 7.17. The Morgan fingerprint density at radius 1 is 1.57 bits per heavy atom. The zero-order chi connectivity index (χ0) is 10.6. The molecule has 1 rings (SSSR count). The van der Waals surface area contributed by atoms with Crippen LogP contribution in [0.15, 0.2) is 17.0 Å². The van der Waals surface area contributed by atoms with E-state index in [2.05, 4.69) is 0 Å². The van der Waals surface area contributed by atoms with Gasteiger partial charge in [0.25, 0.3) is 0 Å². The molecular formula is C10H9ClFNS. The van der Waals surface area contributed by atoms with Crippen LogP contribution >= 0.6 is 23.4 Å². The molecule has 4 heteroatoms. The lowest BCUT2D eigenvalue weighted by Crippen LogP contribution is -1.89. The molecule has 0 aliphatic rings. The van der Waals surface area contributed by atoms with E-state index in [4.69, 9.17) is 16.9 Å². The van der Waals surface area contributed by atoms with Gasteiger partial charge in [0.2, 0.25) is 0 Å². The van der Waals surface area contributed by atoms with Gasteiger partial charge in [-0.2, -0.15) is 5.26 Å². The maximum Gasteiger partial charge on any atom is 0.127 e. The number of aryl methyl sites for hydroxylation is 1. The maximum atomic E-state index is 13.3. The summed E-state index contributed by atoms with van der Waals surface area (Å²) < 4.78 is 13.3. The van der Waals surface area contributed by atoms with Gasteiger partial charge in [0.05, 0.1) is 16.8 Å². The Morgan fingerprint density at radius 3 is 2.86 bits per heavy atom. The average Bonchev–Trinajstić information content (AvgIpc) is 2.18. The van der Waals surface area contributed by atoms with Gasteiger partial charge in [0, 0.05) is 4.90 Å². The summed E-state index contributed by atoms with van der Waals surface area (Å²) in [7, 11) is 0. The van der Waals surface area contributed by atoms with Crippen LogP contribution in [0.2, 0.25) is 5.02 Å². The fraction of sp³-hybridized carbons (Fsp3) is 0.300. The Bertz CT molecular complexity index is 373. The van der Waals surface area contributed by atoms with Gasteiger partial charge in [0.1, 0.15) is 5.82 Å². The Kier molecular flexibility index (Phi) is 4.24. The number of rotatable bonds is 3. The van der Waals surface area contributed by atoms with Crippen LogP contribution < -0.4 is 0 Å². The summed E-state index contributed by atoms with van der Waals surface area (Å²) in [5, 5.41) is 8.90. The SMILES string of the molecule is CCc1cc(Cl)c(SCC#N)cc1F. The van der Waals surface area contributed by atoms with Gasteiger partial charge in [-0.1, -0.05) is 18.5 Å². The number of benzene rings is 1. The van der Waals surface area contributed by atoms with Crippen LogP contribution in [0.5, 0.6) is 0 Å². The van der Waals surface area contributed by atoms with Crippen LogP contribution in [0.1, 0.15) is 12.5 Å². The Hall–Kier alpha value is -0.720. The summed E-state index contributed by atoms with van der Waals surface area (Å²) in [5.41, 5.74) is 0.608. The van der Waals surface area contributed by atoms with Crippen molar-refractivity contribution in [2.45, 2.75) is 18.2 Å². The normalized spacial score (nSPS) is 9.86. The fourth-order valence-corrected chi connectivity index (χ4v) is 2.01. The van der Waals surface area contributed by atoms with E-state index in [0.717, 1.165) is 0 Å². The van der Waals surface area contributed by atoms with E-state index in [1.165, 1.54) is 17.8 Å². The molecule has 1 nitrogen and oxygen atoms in total. The molecule has 1 aromatic rings. The molecule has 0 amide bonds. The van der Waals surface area contributed by atoms with Crippen molar-refractivity contribution in [3.63, 3.8) is 0 Å². The number of nitriles is 1. The highest BCUT2D eigenvalue weighted by Gasteiger charge is 2.07. The van der Waals surface area contributed by atoms with E-state index in [1.807, 2.05) is 13.0 Å². The molecule has 0 spiro atoms. The Labute approximate surface area is 91.9 Å². The van der Waals surface area contributed by atoms with Crippen molar-refractivity contribution in [3.05, 3.63) is 28.5 Å². The molecule has 0 aromatic heterocycles. The molecule has 14 heavy (non-hydrogen) atoms. The first-order chi connectivity index (χ1) is 6.69. The smallest absolute Gasteiger partial charge is 0.127 e. The van der Waals surface area contributed by atoms with Crippen molar-refractivity contribution < 1.29 is 4.39 Å². The van der Waals surface area contributed by atoms with Crippen molar-refractivity contribution >= 4 is 23.4 Å². The molecule has 0 aliphatic carbocycles. The second kappa shape index (κ2) is 5.23. The molecule has 0 bridgehead atoms. The van der Waals surface area contributed by atoms with E-state index in [1.54, 1.807) is 6.07 Å². The van der Waals surface area contributed by atoms with E-state index in [9.17, 15) is 4.39 Å². The van der Waals surface area contributed by atoms with Gasteiger partial charge in [-0.05, 0) is 24.1 Å². The predicted molar refractivity (Wildman–Crippen MR) is 57.1 cm³/mol. The molecule has 0 fully saturated rings. The van der Waals surface area contributed by atoms with Crippen LogP contribution in [0.25, 0.3) is 0 Å². The van der Waals surface area contributed by atoms with Crippen LogP contribution in [-0.4, -0.2) is 5.75 Å². The summed E-state index contributed by atoms with van der Waals surface area (Å²) in [4.78, 5) is 0.628. The highest BCUT2D eigenvalue weighted by molar-refractivity contribution is 7.99. The van der Waals surface area contributed by atoms with Crippen LogP contribution in [0.3, 0.4) is 0 Å². The Morgan fingerprint density at radius 2 is 2.29 bits per heavy atom. The van der Waals surface area contributed by atoms with E-state index in [-0.39, 0.29) is 11.6 Å². The van der Waals surface area contributed by atoms with Crippen molar-refractivity contribution in [3.8, 4) is 6.07 Å². The summed E-state index contributed by atoms with van der Waals surface area (Å²) in [6.45, 7) is 1.87. The molecule has 0 aliphatic heterocycles. The first-order valence-electron chi connectivity index (χ1n) is 4.16. The van der Waals surface area contributed by atoms with Gasteiger partial charge in [-0.3, -0.25) is 0 Å². The summed E-state index contributed by atoms with van der Waals surface area (Å²) in [6, 6.07) is 4.99. The van der Waals surface area contributed by atoms with Crippen LogP contribution in [0, 0.1) is 17.1 Å². The number of thioether (sulfide) groups is 1. The first kappa shape index (κ1) is 11.4. The minimum atomic E-state index is -0.252. The van der Waals surface area contributed by atoms with Gasteiger partial charge in [-0.25, -0.2) is 4.39 Å². The van der Waals surface area contributed by atoms with Crippen molar-refractivity contribution in [1.82, 2.24) is 0 Å². The molecule has 0 radical (unpaired) electrons. The monoisotopic (exact) mass is 229 g/mol. The number of nitrogens with zero attached hydrogens (tertiary/aromatic N) is 1. The topological polar surface area (TPSA) is 23.8 Å². The molecule has 0 heterocycles. The molecule has 0 saturated carbocycles. The maximum absolute atomic E-state index is 13.3. The molecule has 0 atom stereocenters. The van der Waals surface area contributed by atoms with Gasteiger partial charge < -0.3 is 0 Å². The third-order valence-electron chi connectivity index (χ3n) is 1.77. The first-order valence-corrected chi connectivity index (χ1v) is 5.53. The third kappa shape index (κ3) is 2.63. The van der Waals surface area contributed by atoms with Crippen molar-refractivity contribution in [1.29, 1.82) is 5.26 Å². The minimum Gasteiger partial charge on any atom is -0.207 e. The second-order valence-electron chi connectivity index (χ2n) is 2.67. The molecular weight excluding hydrogens is 221 g/mol. The molecule has 74 valence electrons. The molecule has 0 unspecified atom stereocenters. The van der Waals surface area contributed by atoms with E-state index in [0.29, 0.717) is 21.9 Å². The van der Waals surface area contributed by atoms with Crippen molar-refractivity contribution in [2.24, 2.45) is 0 Å². The zero-order valence-electron chi connectivity index (χ0n) is 7.68. The highest BCUT2D eigenvalue weighted by atomic mass is 35.5. The molecule has 1 aromatic carbocycles. The van der Waals surface area contributed by atoms with E-state index < -0.39 is 0 Å². The van der Waals surface area contributed by atoms with E-state index >= 15 is 0 Å². The lowest BCUT2D eigenvalue weighted by atomic mass is 10.1. The highest BCUT2D eigenvalue weighted by Crippen LogP contribution is 2.29. The number of halogens is 2. The minimum absolute atomic E-state index is 0.252. The fourth-order valence-electron chi connectivity index (χ4n) is 1.06. The van der Waals surface area contributed by atoms with Crippen molar-refractivity contribution in [2.75, 3.05) is 5.75 Å².